The number of aliphatic hydroxyl groups is 1. The van der Waals surface area contributed by atoms with Gasteiger partial charge in [-0.05, 0) is 37.8 Å². The van der Waals surface area contributed by atoms with E-state index in [4.69, 9.17) is 5.11 Å². The number of nitrogens with one attached hydrogen (secondary N) is 1. The molecule has 1 aliphatic carbocycles. The Hall–Kier alpha value is -1.49. The summed E-state index contributed by atoms with van der Waals surface area (Å²) in [5.41, 5.74) is -0.311. The van der Waals surface area contributed by atoms with Gasteiger partial charge in [0, 0.05) is 12.0 Å². The Kier molecular flexibility index (Phi) is 3.58. The highest BCUT2D eigenvalue weighted by Crippen LogP contribution is 2.48. The zero-order valence-corrected chi connectivity index (χ0v) is 10.9. The second-order valence-corrected chi connectivity index (χ2v) is 5.65. The smallest absolute Gasteiger partial charge is 0.224 e. The van der Waals surface area contributed by atoms with Crippen LogP contribution in [0.25, 0.3) is 0 Å². The van der Waals surface area contributed by atoms with Gasteiger partial charge >= 0.3 is 0 Å². The van der Waals surface area contributed by atoms with Crippen molar-refractivity contribution < 1.29 is 18.7 Å². The van der Waals surface area contributed by atoms with Crippen molar-refractivity contribution in [1.29, 1.82) is 0 Å². The summed E-state index contributed by atoms with van der Waals surface area (Å²) in [4.78, 5) is 11.9. The van der Waals surface area contributed by atoms with Crippen LogP contribution in [0.2, 0.25) is 0 Å². The van der Waals surface area contributed by atoms with E-state index < -0.39 is 17.2 Å². The van der Waals surface area contributed by atoms with Gasteiger partial charge in [0.2, 0.25) is 5.91 Å². The number of hydrogen-bond donors (Lipinski definition) is 2. The predicted molar refractivity (Wildman–Crippen MR) is 66.5 cm³/mol. The van der Waals surface area contributed by atoms with E-state index in [9.17, 15) is 13.6 Å². The summed E-state index contributed by atoms with van der Waals surface area (Å²) in [6.07, 6.45) is 0.551. The molecule has 2 unspecified atom stereocenters. The standard InChI is InChI=1S/C14H17F2NO2/c1-14(2,7-18)17-13(19)11-6-10(11)9-4-3-8(15)5-12(9)16/h3-5,10-11,18H,6-7H2,1-2H3,(H,17,19). The molecule has 1 fully saturated rings. The minimum atomic E-state index is -0.689. The summed E-state index contributed by atoms with van der Waals surface area (Å²) in [7, 11) is 0. The summed E-state index contributed by atoms with van der Waals surface area (Å²) >= 11 is 0. The lowest BCUT2D eigenvalue weighted by Gasteiger charge is -2.23. The maximum absolute atomic E-state index is 13.6. The number of hydrogen-bond acceptors (Lipinski definition) is 2. The SMILES string of the molecule is CC(C)(CO)NC(=O)C1CC1c1ccc(F)cc1F. The van der Waals surface area contributed by atoms with Crippen LogP contribution in [0.5, 0.6) is 0 Å². The maximum atomic E-state index is 13.6. The van der Waals surface area contributed by atoms with Crippen LogP contribution in [0.1, 0.15) is 31.7 Å². The van der Waals surface area contributed by atoms with Crippen molar-refractivity contribution in [2.75, 3.05) is 6.61 Å². The van der Waals surface area contributed by atoms with E-state index in [0.717, 1.165) is 6.07 Å². The summed E-state index contributed by atoms with van der Waals surface area (Å²) in [5, 5.41) is 11.8. The first kappa shape index (κ1) is 13.9. The van der Waals surface area contributed by atoms with Gasteiger partial charge in [0.05, 0.1) is 12.1 Å². The highest BCUT2D eigenvalue weighted by atomic mass is 19.1. The largest absolute Gasteiger partial charge is 0.394 e. The lowest BCUT2D eigenvalue weighted by molar-refractivity contribution is -0.124. The zero-order chi connectivity index (χ0) is 14.2. The molecule has 5 heteroatoms. The Bertz CT molecular complexity index is 502. The van der Waals surface area contributed by atoms with E-state index in [1.54, 1.807) is 13.8 Å². The number of aliphatic hydroxyl groups excluding tert-OH is 1. The van der Waals surface area contributed by atoms with Crippen molar-refractivity contribution in [3.8, 4) is 0 Å². The van der Waals surface area contributed by atoms with Crippen molar-refractivity contribution in [3.63, 3.8) is 0 Å². The van der Waals surface area contributed by atoms with E-state index in [2.05, 4.69) is 5.32 Å². The number of carbonyl (C=O) groups is 1. The van der Waals surface area contributed by atoms with Gasteiger partial charge in [-0.3, -0.25) is 4.79 Å². The summed E-state index contributed by atoms with van der Waals surface area (Å²) < 4.78 is 26.4. The lowest BCUT2D eigenvalue weighted by atomic mass is 10.1. The fourth-order valence-corrected chi connectivity index (χ4v) is 2.10. The van der Waals surface area contributed by atoms with Crippen molar-refractivity contribution in [2.45, 2.75) is 31.7 Å². The third-order valence-electron chi connectivity index (χ3n) is 3.35. The molecule has 1 aromatic carbocycles. The van der Waals surface area contributed by atoms with Crippen molar-refractivity contribution >= 4 is 5.91 Å². The normalized spacial score (nSPS) is 22.2. The Morgan fingerprint density at radius 3 is 2.74 bits per heavy atom. The Labute approximate surface area is 110 Å². The average Bonchev–Trinajstić information content (AvgIpc) is 3.08. The van der Waals surface area contributed by atoms with Gasteiger partial charge in [-0.2, -0.15) is 0 Å². The molecule has 2 atom stereocenters. The Morgan fingerprint density at radius 1 is 1.47 bits per heavy atom. The monoisotopic (exact) mass is 269 g/mol. The van der Waals surface area contributed by atoms with E-state index in [-0.39, 0.29) is 24.3 Å². The maximum Gasteiger partial charge on any atom is 0.224 e. The minimum Gasteiger partial charge on any atom is -0.394 e. The van der Waals surface area contributed by atoms with E-state index in [1.165, 1.54) is 12.1 Å². The molecule has 2 N–H and O–H groups in total. The molecule has 0 spiro atoms. The second-order valence-electron chi connectivity index (χ2n) is 5.65. The van der Waals surface area contributed by atoms with E-state index >= 15 is 0 Å². The van der Waals surface area contributed by atoms with Gasteiger partial charge in [-0.25, -0.2) is 8.78 Å². The average molecular weight is 269 g/mol. The number of carbonyl (C=O) groups excluding carboxylic acids is 1. The van der Waals surface area contributed by atoms with E-state index in [0.29, 0.717) is 12.0 Å². The number of amides is 1. The molecule has 0 bridgehead atoms. The molecule has 1 aliphatic rings. The highest BCUT2D eigenvalue weighted by molar-refractivity contribution is 5.83. The van der Waals surface area contributed by atoms with Crippen LogP contribution >= 0.6 is 0 Å². The number of halogens is 2. The minimum absolute atomic E-state index is 0.166. The van der Waals surface area contributed by atoms with Gasteiger partial charge in [0.15, 0.2) is 0 Å². The Morgan fingerprint density at radius 2 is 2.16 bits per heavy atom. The van der Waals surface area contributed by atoms with Gasteiger partial charge in [-0.1, -0.05) is 6.07 Å². The van der Waals surface area contributed by atoms with Gasteiger partial charge in [-0.15, -0.1) is 0 Å². The van der Waals surface area contributed by atoms with Crippen LogP contribution in [0.3, 0.4) is 0 Å². The molecule has 0 aromatic heterocycles. The fourth-order valence-electron chi connectivity index (χ4n) is 2.10. The molecule has 104 valence electrons. The molecule has 2 rings (SSSR count). The lowest BCUT2D eigenvalue weighted by Crippen LogP contribution is -2.47. The molecule has 0 radical (unpaired) electrons. The molecular weight excluding hydrogens is 252 g/mol. The van der Waals surface area contributed by atoms with Gasteiger partial charge in [0.25, 0.3) is 0 Å². The quantitative estimate of drug-likeness (QED) is 0.877. The molecule has 1 saturated carbocycles. The molecule has 3 nitrogen and oxygen atoms in total. The third kappa shape index (κ3) is 3.10. The van der Waals surface area contributed by atoms with Crippen LogP contribution in [-0.4, -0.2) is 23.2 Å². The second kappa shape index (κ2) is 4.89. The molecule has 19 heavy (non-hydrogen) atoms. The van der Waals surface area contributed by atoms with Crippen molar-refractivity contribution in [3.05, 3.63) is 35.4 Å². The summed E-state index contributed by atoms with van der Waals surface area (Å²) in [6.45, 7) is 3.25. The van der Waals surface area contributed by atoms with Crippen molar-refractivity contribution in [2.24, 2.45) is 5.92 Å². The predicted octanol–water partition coefficient (Wildman–Crippen LogP) is 1.96. The number of rotatable bonds is 4. The van der Waals surface area contributed by atoms with E-state index in [1.807, 2.05) is 0 Å². The van der Waals surface area contributed by atoms with Gasteiger partial charge < -0.3 is 10.4 Å². The van der Waals surface area contributed by atoms with Gasteiger partial charge in [0.1, 0.15) is 11.6 Å². The molecule has 0 saturated heterocycles. The first-order valence-electron chi connectivity index (χ1n) is 6.22. The van der Waals surface area contributed by atoms with Crippen LogP contribution in [0, 0.1) is 17.6 Å². The first-order chi connectivity index (χ1) is 8.84. The summed E-state index contributed by atoms with van der Waals surface area (Å²) in [6, 6.07) is 3.42. The Balaban J connectivity index is 2.03. The third-order valence-corrected chi connectivity index (χ3v) is 3.35. The van der Waals surface area contributed by atoms with Crippen LogP contribution in [0.15, 0.2) is 18.2 Å². The molecule has 1 aromatic rings. The fraction of sp³-hybridized carbons (Fsp3) is 0.500. The molecule has 0 heterocycles. The first-order valence-corrected chi connectivity index (χ1v) is 6.22. The topological polar surface area (TPSA) is 49.3 Å². The molecule has 0 aliphatic heterocycles. The van der Waals surface area contributed by atoms with Crippen LogP contribution in [0.4, 0.5) is 8.78 Å². The van der Waals surface area contributed by atoms with Crippen LogP contribution < -0.4 is 5.32 Å². The highest BCUT2D eigenvalue weighted by Gasteiger charge is 2.46. The zero-order valence-electron chi connectivity index (χ0n) is 10.9. The molecule has 1 amide bonds. The van der Waals surface area contributed by atoms with Crippen molar-refractivity contribution in [1.82, 2.24) is 5.32 Å². The van der Waals surface area contributed by atoms with Crippen LogP contribution in [-0.2, 0) is 4.79 Å². The molecular formula is C14H17F2NO2. The number of benzene rings is 1. The summed E-state index contributed by atoms with van der Waals surface area (Å²) in [5.74, 6) is -1.93.